The van der Waals surface area contributed by atoms with Crippen LogP contribution in [0.15, 0.2) is 46.6 Å². The molecular formula is C20H30BaO4. The SMILES string of the molecule is CC(C)=CCC/C(C)=C\C(=O)[O-].CC(C)=CCC/C(C)=C\C(=O)[O-].[Ba+2]. The molecule has 0 saturated heterocycles. The van der Waals surface area contributed by atoms with Crippen LogP contribution in [0.5, 0.6) is 0 Å². The van der Waals surface area contributed by atoms with Gasteiger partial charge in [-0.1, -0.05) is 34.4 Å². The number of carboxylic acids is 2. The predicted molar refractivity (Wildman–Crippen MR) is 101 cm³/mol. The van der Waals surface area contributed by atoms with E-state index < -0.39 is 11.9 Å². The summed E-state index contributed by atoms with van der Waals surface area (Å²) in [6.45, 7) is 11.7. The maximum Gasteiger partial charge on any atom is 2.00 e. The van der Waals surface area contributed by atoms with Gasteiger partial charge in [0.05, 0.1) is 11.9 Å². The first-order chi connectivity index (χ1) is 11.0. The molecule has 0 amide bonds. The summed E-state index contributed by atoms with van der Waals surface area (Å²) in [5, 5.41) is 20.2. The summed E-state index contributed by atoms with van der Waals surface area (Å²) in [4.78, 5) is 20.2. The summed E-state index contributed by atoms with van der Waals surface area (Å²) in [5.74, 6) is -2.21. The Balaban J connectivity index is -0.000000372. The number of allylic oxidation sites excluding steroid dienone is 6. The van der Waals surface area contributed by atoms with Crippen molar-refractivity contribution in [3.63, 3.8) is 0 Å². The first kappa shape index (κ1) is 29.2. The van der Waals surface area contributed by atoms with Gasteiger partial charge in [-0.3, -0.25) is 0 Å². The fourth-order valence-corrected chi connectivity index (χ4v) is 1.72. The topological polar surface area (TPSA) is 80.3 Å². The first-order valence-electron chi connectivity index (χ1n) is 8.07. The van der Waals surface area contributed by atoms with Crippen LogP contribution in [0.3, 0.4) is 0 Å². The third-order valence-electron chi connectivity index (χ3n) is 2.91. The average molecular weight is 472 g/mol. The predicted octanol–water partition coefficient (Wildman–Crippen LogP) is 2.48. The van der Waals surface area contributed by atoms with Crippen LogP contribution in [-0.2, 0) is 9.59 Å². The van der Waals surface area contributed by atoms with E-state index in [4.69, 9.17) is 0 Å². The van der Waals surface area contributed by atoms with Crippen LogP contribution in [0.1, 0.15) is 67.2 Å². The van der Waals surface area contributed by atoms with Crippen LogP contribution >= 0.6 is 0 Å². The molecule has 4 nitrogen and oxygen atoms in total. The van der Waals surface area contributed by atoms with E-state index in [1.165, 1.54) is 11.1 Å². The molecule has 0 N–H and O–H groups in total. The molecule has 0 aliphatic heterocycles. The van der Waals surface area contributed by atoms with E-state index >= 15 is 0 Å². The zero-order chi connectivity index (χ0) is 19.1. The molecule has 0 spiro atoms. The van der Waals surface area contributed by atoms with Crippen molar-refractivity contribution in [2.24, 2.45) is 0 Å². The average Bonchev–Trinajstić information content (AvgIpc) is 2.36. The molecular weight excluding hydrogens is 442 g/mol. The summed E-state index contributed by atoms with van der Waals surface area (Å²) in [6, 6.07) is 0. The minimum absolute atomic E-state index is 0. The van der Waals surface area contributed by atoms with Gasteiger partial charge in [-0.05, 0) is 79.4 Å². The minimum atomic E-state index is -1.11. The quantitative estimate of drug-likeness (QED) is 0.309. The molecule has 0 aromatic rings. The molecule has 0 aromatic carbocycles. The second kappa shape index (κ2) is 18.3. The van der Waals surface area contributed by atoms with Gasteiger partial charge >= 0.3 is 48.9 Å². The van der Waals surface area contributed by atoms with Crippen LogP contribution in [0, 0.1) is 0 Å². The van der Waals surface area contributed by atoms with E-state index in [2.05, 4.69) is 12.2 Å². The normalized spacial score (nSPS) is 10.6. The van der Waals surface area contributed by atoms with Gasteiger partial charge in [-0.15, -0.1) is 0 Å². The van der Waals surface area contributed by atoms with E-state index in [-0.39, 0.29) is 48.9 Å². The van der Waals surface area contributed by atoms with Crippen molar-refractivity contribution in [1.29, 1.82) is 0 Å². The van der Waals surface area contributed by atoms with Gasteiger partial charge in [-0.2, -0.15) is 0 Å². The van der Waals surface area contributed by atoms with Gasteiger partial charge < -0.3 is 19.8 Å². The van der Waals surface area contributed by atoms with Gasteiger partial charge in [0.15, 0.2) is 0 Å². The number of aliphatic carboxylic acids is 2. The molecule has 0 fully saturated rings. The first-order valence-corrected chi connectivity index (χ1v) is 8.07. The summed E-state index contributed by atoms with van der Waals surface area (Å²) in [7, 11) is 0. The molecule has 0 bridgehead atoms. The Kier molecular flexibility index (Phi) is 21.4. The molecule has 0 atom stereocenters. The minimum Gasteiger partial charge on any atom is -0.545 e. The molecule has 0 rings (SSSR count). The standard InChI is InChI=1S/2C10H16O2.Ba/c2*1-8(2)5-4-6-9(3)7-10(11)12;/h2*5,7H,4,6H2,1-3H3,(H,11,12);/q;;+2/p-2/b2*9-7-;. The van der Waals surface area contributed by atoms with Crippen molar-refractivity contribution in [3.05, 3.63) is 46.6 Å². The van der Waals surface area contributed by atoms with E-state index in [9.17, 15) is 19.8 Å². The Bertz CT molecular complexity index is 470. The number of carboxylic acid groups (broad SMARTS) is 2. The zero-order valence-corrected chi connectivity index (χ0v) is 20.9. The molecule has 5 heteroatoms. The summed E-state index contributed by atoms with van der Waals surface area (Å²) < 4.78 is 0. The Labute approximate surface area is 192 Å². The summed E-state index contributed by atoms with van der Waals surface area (Å²) in [6.07, 6.45) is 9.87. The molecule has 0 aliphatic rings. The molecule has 0 aliphatic carbocycles. The van der Waals surface area contributed by atoms with Crippen molar-refractivity contribution in [3.8, 4) is 0 Å². The third kappa shape index (κ3) is 28.5. The summed E-state index contributed by atoms with van der Waals surface area (Å²) in [5.41, 5.74) is 4.23. The van der Waals surface area contributed by atoms with Crippen molar-refractivity contribution >= 4 is 60.8 Å². The van der Waals surface area contributed by atoms with Crippen molar-refractivity contribution in [2.75, 3.05) is 0 Å². The maximum atomic E-state index is 10.1. The van der Waals surface area contributed by atoms with Gasteiger partial charge in [0.2, 0.25) is 0 Å². The number of carbonyl (C=O) groups excluding carboxylic acids is 2. The van der Waals surface area contributed by atoms with Gasteiger partial charge in [0.25, 0.3) is 0 Å². The Morgan fingerprint density at radius 2 is 0.960 bits per heavy atom. The fraction of sp³-hybridized carbons (Fsp3) is 0.500. The molecule has 0 aromatic heterocycles. The van der Waals surface area contributed by atoms with Gasteiger partial charge in [-0.25, -0.2) is 0 Å². The van der Waals surface area contributed by atoms with Gasteiger partial charge in [0.1, 0.15) is 0 Å². The van der Waals surface area contributed by atoms with Crippen LogP contribution in [0.4, 0.5) is 0 Å². The second-order valence-electron chi connectivity index (χ2n) is 6.26. The van der Waals surface area contributed by atoms with Crippen LogP contribution in [-0.4, -0.2) is 60.8 Å². The van der Waals surface area contributed by atoms with Gasteiger partial charge in [0, 0.05) is 0 Å². The zero-order valence-electron chi connectivity index (χ0n) is 16.5. The Morgan fingerprint density at radius 3 is 1.16 bits per heavy atom. The molecule has 0 heterocycles. The number of hydrogen-bond donors (Lipinski definition) is 0. The monoisotopic (exact) mass is 472 g/mol. The van der Waals surface area contributed by atoms with Crippen LogP contribution < -0.4 is 10.2 Å². The summed E-state index contributed by atoms with van der Waals surface area (Å²) >= 11 is 0. The van der Waals surface area contributed by atoms with Crippen molar-refractivity contribution in [1.82, 2.24) is 0 Å². The number of carbonyl (C=O) groups is 2. The van der Waals surface area contributed by atoms with E-state index in [1.807, 2.05) is 27.7 Å². The van der Waals surface area contributed by atoms with Crippen LogP contribution in [0.25, 0.3) is 0 Å². The second-order valence-corrected chi connectivity index (χ2v) is 6.26. The maximum absolute atomic E-state index is 10.1. The van der Waals surface area contributed by atoms with Crippen molar-refractivity contribution < 1.29 is 19.8 Å². The van der Waals surface area contributed by atoms with E-state index in [1.54, 1.807) is 13.8 Å². The Hall–Kier alpha value is -0.529. The molecule has 136 valence electrons. The molecule has 25 heavy (non-hydrogen) atoms. The Morgan fingerprint density at radius 1 is 0.680 bits per heavy atom. The molecule has 0 unspecified atom stereocenters. The van der Waals surface area contributed by atoms with E-state index in [0.717, 1.165) is 49.0 Å². The van der Waals surface area contributed by atoms with Crippen molar-refractivity contribution in [2.45, 2.75) is 67.2 Å². The number of hydrogen-bond acceptors (Lipinski definition) is 4. The smallest absolute Gasteiger partial charge is 0.545 e. The van der Waals surface area contributed by atoms with E-state index in [0.29, 0.717) is 0 Å². The van der Waals surface area contributed by atoms with Crippen LogP contribution in [0.2, 0.25) is 0 Å². The largest absolute Gasteiger partial charge is 2.00 e. The number of rotatable bonds is 8. The molecule has 0 radical (unpaired) electrons. The molecule has 0 saturated carbocycles. The fourth-order valence-electron chi connectivity index (χ4n) is 1.72. The third-order valence-corrected chi connectivity index (χ3v) is 2.91.